The third-order valence-corrected chi connectivity index (χ3v) is 2.15. The maximum absolute atomic E-state index is 9.93. The van der Waals surface area contributed by atoms with E-state index in [4.69, 9.17) is 10.3 Å². The molecule has 0 aromatic heterocycles. The molecule has 0 amide bonds. The van der Waals surface area contributed by atoms with Crippen LogP contribution >= 0.6 is 0 Å². The Labute approximate surface area is 72.2 Å². The van der Waals surface area contributed by atoms with Crippen molar-refractivity contribution in [3.8, 4) is 0 Å². The van der Waals surface area contributed by atoms with E-state index in [0.717, 1.165) is 12.8 Å². The van der Waals surface area contributed by atoms with Gasteiger partial charge >= 0.3 is 10.3 Å². The van der Waals surface area contributed by atoms with E-state index in [2.05, 4.69) is 0 Å². The van der Waals surface area contributed by atoms with E-state index in [1.807, 2.05) is 4.72 Å². The summed E-state index contributed by atoms with van der Waals surface area (Å²) in [4.78, 5) is 0. The maximum Gasteiger partial charge on any atom is 0.333 e. The summed E-state index contributed by atoms with van der Waals surface area (Å²) < 4.78 is 30.0. The van der Waals surface area contributed by atoms with Crippen molar-refractivity contribution < 1.29 is 13.0 Å². The molecule has 72 valence electrons. The molecule has 0 heterocycles. The Morgan fingerprint density at radius 2 is 1.67 bits per heavy atom. The zero-order valence-corrected chi connectivity index (χ0v) is 7.55. The molecule has 0 bridgehead atoms. The first-order chi connectivity index (χ1) is 5.47. The number of nitrogens with two attached hydrogens (primary N) is 1. The van der Waals surface area contributed by atoms with Crippen molar-refractivity contribution in [2.45, 2.75) is 37.8 Å². The van der Waals surface area contributed by atoms with Gasteiger partial charge in [-0.15, -0.1) is 0 Å². The van der Waals surface area contributed by atoms with Crippen molar-refractivity contribution in [1.82, 2.24) is 4.72 Å². The van der Waals surface area contributed by atoms with E-state index in [-0.39, 0.29) is 6.04 Å². The van der Waals surface area contributed by atoms with Crippen molar-refractivity contribution in [3.05, 3.63) is 0 Å². The van der Waals surface area contributed by atoms with E-state index < -0.39 is 10.3 Å². The Balaban J connectivity index is 0.000000150. The predicted molar refractivity (Wildman–Crippen MR) is 44.9 cm³/mol. The lowest BCUT2D eigenvalue weighted by Gasteiger charge is -1.92. The Hall–Kier alpha value is -0.170. The summed E-state index contributed by atoms with van der Waals surface area (Å²) in [5.74, 6) is 0. The average molecular weight is 194 g/mol. The van der Waals surface area contributed by atoms with Crippen molar-refractivity contribution in [2.24, 2.45) is 5.73 Å². The van der Waals surface area contributed by atoms with Crippen LogP contribution in [0, 0.1) is 0 Å². The summed E-state index contributed by atoms with van der Waals surface area (Å²) >= 11 is 0. The lowest BCUT2D eigenvalue weighted by Crippen LogP contribution is -2.24. The monoisotopic (exact) mass is 194 g/mol. The van der Waals surface area contributed by atoms with E-state index in [0.29, 0.717) is 6.04 Å². The Bertz CT molecular complexity index is 231. The van der Waals surface area contributed by atoms with Crippen LogP contribution < -0.4 is 10.5 Å². The summed E-state index contributed by atoms with van der Waals surface area (Å²) in [5.41, 5.74) is 5.22. The fraction of sp³-hybridized carbons (Fsp3) is 1.00. The highest BCUT2D eigenvalue weighted by Gasteiger charge is 2.25. The Morgan fingerprint density at radius 1 is 1.25 bits per heavy atom. The van der Waals surface area contributed by atoms with Crippen molar-refractivity contribution >= 4 is 10.3 Å². The molecule has 0 atom stereocenters. The van der Waals surface area contributed by atoms with Gasteiger partial charge in [0.1, 0.15) is 0 Å². The van der Waals surface area contributed by atoms with Gasteiger partial charge in [-0.3, -0.25) is 4.55 Å². The molecule has 4 N–H and O–H groups in total. The van der Waals surface area contributed by atoms with Crippen LogP contribution in [0.15, 0.2) is 0 Å². The molecule has 12 heavy (non-hydrogen) atoms. The second-order valence-electron chi connectivity index (χ2n) is 3.20. The summed E-state index contributed by atoms with van der Waals surface area (Å²) in [6.07, 6.45) is 4.22. The third kappa shape index (κ3) is 6.53. The molecular weight excluding hydrogens is 180 g/mol. The predicted octanol–water partition coefficient (Wildman–Crippen LogP) is -0.351. The number of nitrogens with one attached hydrogen (secondary N) is 1. The molecule has 0 saturated heterocycles. The lowest BCUT2D eigenvalue weighted by molar-refractivity contribution is 0.467. The van der Waals surface area contributed by atoms with Crippen LogP contribution in [0.2, 0.25) is 0 Å². The molecule has 6 heteroatoms. The summed E-state index contributed by atoms with van der Waals surface area (Å²) in [6.45, 7) is 0. The second kappa shape index (κ2) is 3.69. The average Bonchev–Trinajstić information content (AvgIpc) is 2.66. The van der Waals surface area contributed by atoms with Gasteiger partial charge in [-0.1, -0.05) is 0 Å². The molecule has 5 nitrogen and oxygen atoms in total. The van der Waals surface area contributed by atoms with Crippen LogP contribution in [0.3, 0.4) is 0 Å². The minimum atomic E-state index is -3.91. The van der Waals surface area contributed by atoms with Crippen LogP contribution in [0.25, 0.3) is 0 Å². The van der Waals surface area contributed by atoms with Gasteiger partial charge in [0, 0.05) is 12.1 Å². The normalized spacial score (nSPS) is 22.8. The second-order valence-corrected chi connectivity index (χ2v) is 4.39. The van der Waals surface area contributed by atoms with E-state index >= 15 is 0 Å². The molecule has 2 aliphatic carbocycles. The summed E-state index contributed by atoms with van der Waals surface area (Å²) in [5, 5.41) is 0. The van der Waals surface area contributed by atoms with Crippen LogP contribution in [0.1, 0.15) is 25.7 Å². The van der Waals surface area contributed by atoms with Gasteiger partial charge in [0.05, 0.1) is 0 Å². The number of rotatable bonds is 2. The molecule has 2 saturated carbocycles. The molecule has 0 unspecified atom stereocenters. The fourth-order valence-electron chi connectivity index (χ4n) is 0.508. The van der Waals surface area contributed by atoms with Gasteiger partial charge in [-0.05, 0) is 25.7 Å². The highest BCUT2D eigenvalue weighted by Crippen LogP contribution is 2.18. The molecule has 0 spiro atoms. The lowest BCUT2D eigenvalue weighted by atomic mass is 10.8. The molecule has 2 aliphatic rings. The van der Waals surface area contributed by atoms with Gasteiger partial charge < -0.3 is 5.73 Å². The summed E-state index contributed by atoms with van der Waals surface area (Å²) in [6, 6.07) is 0.588. The zero-order chi connectivity index (χ0) is 9.19. The molecule has 0 radical (unpaired) electrons. The van der Waals surface area contributed by atoms with Crippen LogP contribution in [-0.4, -0.2) is 25.1 Å². The molecule has 2 rings (SSSR count). The minimum Gasteiger partial charge on any atom is -0.328 e. The zero-order valence-electron chi connectivity index (χ0n) is 6.73. The first-order valence-electron chi connectivity index (χ1n) is 3.98. The topological polar surface area (TPSA) is 92.4 Å². The van der Waals surface area contributed by atoms with Gasteiger partial charge in [0.25, 0.3) is 0 Å². The Morgan fingerprint density at radius 3 is 1.75 bits per heavy atom. The van der Waals surface area contributed by atoms with Gasteiger partial charge in [0.15, 0.2) is 0 Å². The Kier molecular flexibility index (Phi) is 3.05. The largest absolute Gasteiger partial charge is 0.333 e. The molecule has 0 aromatic rings. The molecule has 2 fully saturated rings. The SMILES string of the molecule is NC1CC1.O=S(=O)(O)NC1CC1. The number of hydrogen-bond donors (Lipinski definition) is 3. The van der Waals surface area contributed by atoms with Crippen molar-refractivity contribution in [2.75, 3.05) is 0 Å². The number of hydrogen-bond acceptors (Lipinski definition) is 3. The minimum absolute atomic E-state index is 0.00463. The van der Waals surface area contributed by atoms with Gasteiger partial charge in [-0.25, -0.2) is 0 Å². The maximum atomic E-state index is 9.93. The smallest absolute Gasteiger partial charge is 0.328 e. The quantitative estimate of drug-likeness (QED) is 0.524. The van der Waals surface area contributed by atoms with E-state index in [1.165, 1.54) is 12.8 Å². The van der Waals surface area contributed by atoms with E-state index in [9.17, 15) is 8.42 Å². The van der Waals surface area contributed by atoms with Crippen LogP contribution in [-0.2, 0) is 10.3 Å². The van der Waals surface area contributed by atoms with Crippen LogP contribution in [0.5, 0.6) is 0 Å². The van der Waals surface area contributed by atoms with Crippen molar-refractivity contribution in [3.63, 3.8) is 0 Å². The highest BCUT2D eigenvalue weighted by atomic mass is 32.2. The standard InChI is InChI=1S/C3H7NO3S.C3H7N/c5-8(6,7)4-3-1-2-3;4-3-1-2-3/h3-4H,1-2H2,(H,5,6,7);3H,1-2,4H2. The van der Waals surface area contributed by atoms with E-state index in [1.54, 1.807) is 0 Å². The molecule has 0 aromatic carbocycles. The highest BCUT2D eigenvalue weighted by molar-refractivity contribution is 7.83. The third-order valence-electron chi connectivity index (χ3n) is 1.51. The fourth-order valence-corrected chi connectivity index (χ4v) is 1.16. The van der Waals surface area contributed by atoms with Gasteiger partial charge in [0.2, 0.25) is 0 Å². The first-order valence-corrected chi connectivity index (χ1v) is 5.42. The molecule has 0 aliphatic heterocycles. The first kappa shape index (κ1) is 9.91. The van der Waals surface area contributed by atoms with Gasteiger partial charge in [-0.2, -0.15) is 13.1 Å². The van der Waals surface area contributed by atoms with Crippen molar-refractivity contribution in [1.29, 1.82) is 0 Å². The molecular formula is C6H14N2O3S. The van der Waals surface area contributed by atoms with Crippen LogP contribution in [0.4, 0.5) is 0 Å². The summed E-state index contributed by atoms with van der Waals surface area (Å²) in [7, 11) is -3.91.